The molecule has 2 N–H and O–H groups in total. The molecule has 0 heterocycles. The highest BCUT2D eigenvalue weighted by Gasteiger charge is 2.28. The monoisotopic (exact) mass is 744 g/mol. The zero-order valence-corrected chi connectivity index (χ0v) is 35.8. The second-order valence-electron chi connectivity index (χ2n) is 16.2. The van der Waals surface area contributed by atoms with Crippen molar-refractivity contribution in [3.63, 3.8) is 0 Å². The van der Waals surface area contributed by atoms with Crippen molar-refractivity contribution in [3.05, 3.63) is 12.2 Å². The number of carbonyl (C=O) groups excluding carboxylic acids is 1. The number of hydrogen-bond acceptors (Lipinski definition) is 4. The highest BCUT2D eigenvalue weighted by Crippen LogP contribution is 2.42. The maximum Gasteiger partial charge on any atom is 0.333 e. The van der Waals surface area contributed by atoms with Crippen LogP contribution >= 0.6 is 7.60 Å². The molecule has 0 aromatic rings. The number of hydrogen-bond donors (Lipinski definition) is 2. The molecule has 0 aliphatic carbocycles. The summed E-state index contributed by atoms with van der Waals surface area (Å²) in [5.74, 6) is -0.0408. The first-order valence-electron chi connectivity index (χ1n) is 21.9. The number of amides is 1. The Hall–Kier alpha value is -0.720. The van der Waals surface area contributed by atoms with E-state index in [0.29, 0.717) is 24.1 Å². The lowest BCUT2D eigenvalue weighted by Crippen LogP contribution is -2.46. The van der Waals surface area contributed by atoms with Gasteiger partial charge >= 0.3 is 7.60 Å². The molecule has 0 bridgehead atoms. The van der Waals surface area contributed by atoms with Crippen LogP contribution in [0.15, 0.2) is 12.2 Å². The average molecular weight is 744 g/mol. The van der Waals surface area contributed by atoms with E-state index >= 15 is 0 Å². The number of allylic oxidation sites excluding steroid dienone is 1. The van der Waals surface area contributed by atoms with Gasteiger partial charge in [0.05, 0.1) is 52.6 Å². The van der Waals surface area contributed by atoms with Gasteiger partial charge in [0.2, 0.25) is 5.91 Å². The maximum absolute atomic E-state index is 13.1. The third-order valence-electron chi connectivity index (χ3n) is 9.92. The number of rotatable bonds is 39. The first-order chi connectivity index (χ1) is 24.5. The van der Waals surface area contributed by atoms with Gasteiger partial charge in [-0.1, -0.05) is 180 Å². The molecule has 0 spiro atoms. The standard InChI is InChI=1S/C43H87N2O5P/c1-7-10-12-14-16-18-20-22-23-25-27-29-31-33-35-37-43(46)44-41(40-50-51(47,48)39-38-45(4,5)6)42(49-9-3)36-34-32-30-28-26-24-21-19-17-15-13-11-8-2/h34,36,41-42H,7-33,35,37-40H2,1-6H3,(H-,44,46,47,48)/p+1/b36-34+/t41-,42+/m0/s1. The normalized spacial score (nSPS) is 14.6. The molecule has 1 amide bonds. The van der Waals surface area contributed by atoms with Gasteiger partial charge in [0.1, 0.15) is 0 Å². The summed E-state index contributed by atoms with van der Waals surface area (Å²) in [4.78, 5) is 23.7. The zero-order chi connectivity index (χ0) is 37.9. The molecule has 0 aliphatic rings. The van der Waals surface area contributed by atoms with E-state index in [-0.39, 0.29) is 18.7 Å². The van der Waals surface area contributed by atoms with Crippen molar-refractivity contribution in [3.8, 4) is 0 Å². The lowest BCUT2D eigenvalue weighted by Gasteiger charge is -2.28. The first-order valence-corrected chi connectivity index (χ1v) is 23.6. The van der Waals surface area contributed by atoms with Crippen LogP contribution in [0.1, 0.15) is 201 Å². The third kappa shape index (κ3) is 36.0. The van der Waals surface area contributed by atoms with Crippen LogP contribution in [-0.4, -0.2) is 74.5 Å². The molecule has 7 nitrogen and oxygen atoms in total. The van der Waals surface area contributed by atoms with Crippen LogP contribution in [0.25, 0.3) is 0 Å². The van der Waals surface area contributed by atoms with Gasteiger partial charge in [-0.15, -0.1) is 0 Å². The molecule has 51 heavy (non-hydrogen) atoms. The summed E-state index contributed by atoms with van der Waals surface area (Å²) in [6.07, 6.45) is 39.1. The Morgan fingerprint density at radius 1 is 0.667 bits per heavy atom. The highest BCUT2D eigenvalue weighted by molar-refractivity contribution is 7.52. The van der Waals surface area contributed by atoms with Crippen molar-refractivity contribution in [2.75, 3.05) is 47.1 Å². The number of nitrogens with zero attached hydrogens (tertiary/aromatic N) is 1. The van der Waals surface area contributed by atoms with Crippen molar-refractivity contribution < 1.29 is 28.0 Å². The van der Waals surface area contributed by atoms with Gasteiger partial charge in [-0.25, -0.2) is 0 Å². The smallest absolute Gasteiger partial charge is 0.333 e. The van der Waals surface area contributed by atoms with Crippen LogP contribution in [0.2, 0.25) is 0 Å². The van der Waals surface area contributed by atoms with E-state index < -0.39 is 19.7 Å². The number of carbonyl (C=O) groups is 1. The SMILES string of the molecule is CCCCCCCCCCCCC/C=C/[C@@H](OCC)[C@H](COP(=O)(O)CC[N+](C)(C)C)NC(=O)CCCCCCCCCCCCCCCCC. The molecule has 0 aromatic heterocycles. The Kier molecular flexibility index (Phi) is 34.5. The molecule has 3 atom stereocenters. The molecule has 0 saturated heterocycles. The Labute approximate surface area is 318 Å². The van der Waals surface area contributed by atoms with Gasteiger partial charge in [-0.3, -0.25) is 9.36 Å². The van der Waals surface area contributed by atoms with Gasteiger partial charge in [-0.05, 0) is 26.2 Å². The molecule has 8 heteroatoms. The fourth-order valence-corrected chi connectivity index (χ4v) is 7.87. The lowest BCUT2D eigenvalue weighted by molar-refractivity contribution is -0.867. The number of ether oxygens (including phenoxy) is 1. The topological polar surface area (TPSA) is 84.9 Å². The summed E-state index contributed by atoms with van der Waals surface area (Å²) < 4.78 is 25.2. The molecular formula is C43H88N2O5P+. The van der Waals surface area contributed by atoms with Crippen molar-refractivity contribution in [1.82, 2.24) is 5.32 Å². The van der Waals surface area contributed by atoms with Crippen molar-refractivity contribution in [2.45, 2.75) is 213 Å². The number of nitrogens with one attached hydrogen (secondary N) is 1. The van der Waals surface area contributed by atoms with E-state index in [4.69, 9.17) is 9.26 Å². The first kappa shape index (κ1) is 50.3. The lowest BCUT2D eigenvalue weighted by atomic mass is 10.0. The molecule has 0 fully saturated rings. The fourth-order valence-electron chi connectivity index (χ4n) is 6.50. The van der Waals surface area contributed by atoms with Gasteiger partial charge in [0.25, 0.3) is 0 Å². The van der Waals surface area contributed by atoms with Crippen LogP contribution in [-0.2, 0) is 18.6 Å². The van der Waals surface area contributed by atoms with E-state index in [9.17, 15) is 14.3 Å². The predicted octanol–water partition coefficient (Wildman–Crippen LogP) is 12.3. The Bertz CT molecular complexity index is 847. The van der Waals surface area contributed by atoms with E-state index in [1.165, 1.54) is 148 Å². The van der Waals surface area contributed by atoms with E-state index in [2.05, 4.69) is 25.2 Å². The minimum atomic E-state index is -3.81. The van der Waals surface area contributed by atoms with Crippen molar-refractivity contribution in [1.29, 1.82) is 0 Å². The molecule has 0 saturated carbocycles. The Balaban J connectivity index is 4.65. The van der Waals surface area contributed by atoms with Crippen LogP contribution in [0.5, 0.6) is 0 Å². The van der Waals surface area contributed by atoms with Gasteiger partial charge in [0.15, 0.2) is 0 Å². The molecule has 0 aliphatic heterocycles. The van der Waals surface area contributed by atoms with Gasteiger partial charge in [0, 0.05) is 13.0 Å². The Morgan fingerprint density at radius 3 is 1.49 bits per heavy atom. The molecule has 304 valence electrons. The molecule has 0 rings (SSSR count). The third-order valence-corrected chi connectivity index (χ3v) is 11.2. The van der Waals surface area contributed by atoms with E-state index in [1.807, 2.05) is 34.1 Å². The summed E-state index contributed by atoms with van der Waals surface area (Å²) in [7, 11) is 2.17. The second kappa shape index (κ2) is 35.0. The van der Waals surface area contributed by atoms with Crippen LogP contribution < -0.4 is 5.32 Å². The summed E-state index contributed by atoms with van der Waals surface area (Å²) in [5.41, 5.74) is 0. The summed E-state index contributed by atoms with van der Waals surface area (Å²) in [6, 6.07) is -0.521. The summed E-state index contributed by atoms with van der Waals surface area (Å²) in [5, 5.41) is 3.12. The predicted molar refractivity (Wildman–Crippen MR) is 221 cm³/mol. The van der Waals surface area contributed by atoms with Crippen molar-refractivity contribution in [2.24, 2.45) is 0 Å². The fraction of sp³-hybridized carbons (Fsp3) is 0.930. The highest BCUT2D eigenvalue weighted by atomic mass is 31.2. The summed E-state index contributed by atoms with van der Waals surface area (Å²) in [6.45, 7) is 7.44. The average Bonchev–Trinajstić information content (AvgIpc) is 3.09. The van der Waals surface area contributed by atoms with Gasteiger partial charge < -0.3 is 24.0 Å². The Morgan fingerprint density at radius 2 is 1.08 bits per heavy atom. The van der Waals surface area contributed by atoms with Crippen LogP contribution in [0.3, 0.4) is 0 Å². The van der Waals surface area contributed by atoms with Gasteiger partial charge in [-0.2, -0.15) is 0 Å². The summed E-state index contributed by atoms with van der Waals surface area (Å²) >= 11 is 0. The van der Waals surface area contributed by atoms with Crippen molar-refractivity contribution >= 4 is 13.5 Å². The minimum absolute atomic E-state index is 0.0408. The van der Waals surface area contributed by atoms with Crippen LogP contribution in [0, 0.1) is 0 Å². The molecule has 0 aromatic carbocycles. The molecule has 1 unspecified atom stereocenters. The maximum atomic E-state index is 13.1. The second-order valence-corrected chi connectivity index (χ2v) is 18.2. The van der Waals surface area contributed by atoms with Crippen LogP contribution in [0.4, 0.5) is 0 Å². The molecular weight excluding hydrogens is 655 g/mol. The largest absolute Gasteiger partial charge is 0.372 e. The minimum Gasteiger partial charge on any atom is -0.372 e. The molecule has 0 radical (unpaired) electrons. The zero-order valence-electron chi connectivity index (χ0n) is 34.9. The quantitative estimate of drug-likeness (QED) is 0.0283. The number of quaternary nitrogens is 1. The number of unbranched alkanes of at least 4 members (excludes halogenated alkanes) is 25. The van der Waals surface area contributed by atoms with E-state index in [0.717, 1.165) is 25.7 Å². The van der Waals surface area contributed by atoms with E-state index in [1.54, 1.807) is 0 Å².